The Bertz CT molecular complexity index is 318. The number of hydrogen-bond donors (Lipinski definition) is 2. The molecule has 116 valence electrons. The summed E-state index contributed by atoms with van der Waals surface area (Å²) in [6.07, 6.45) is 6.26. The number of rotatable bonds is 6. The van der Waals surface area contributed by atoms with E-state index in [1.807, 2.05) is 0 Å². The van der Waals surface area contributed by atoms with E-state index in [2.05, 4.69) is 31.4 Å². The zero-order valence-electron chi connectivity index (χ0n) is 13.4. The van der Waals surface area contributed by atoms with Gasteiger partial charge < -0.3 is 15.4 Å². The maximum Gasteiger partial charge on any atom is 0.191 e. The molecule has 2 aliphatic rings. The number of nitrogens with zero attached hydrogens (tertiary/aromatic N) is 1. The quantitative estimate of drug-likeness (QED) is 0.581. The number of guanidine groups is 1. The molecule has 0 aromatic heterocycles. The molecule has 0 unspecified atom stereocenters. The topological polar surface area (TPSA) is 45.7 Å². The third kappa shape index (κ3) is 5.70. The van der Waals surface area contributed by atoms with E-state index in [0.717, 1.165) is 38.2 Å². The predicted molar refractivity (Wildman–Crippen MR) is 84.1 cm³/mol. The minimum absolute atomic E-state index is 0.272. The third-order valence-corrected chi connectivity index (χ3v) is 4.11. The molecule has 2 rings (SSSR count). The SMILES string of the molecule is CCNC(=NCC(C)(C)CC1CCOCC1)NC1CC1. The van der Waals surface area contributed by atoms with Crippen molar-refractivity contribution in [2.45, 2.75) is 58.9 Å². The Kier molecular flexibility index (Phi) is 5.70. The maximum atomic E-state index is 5.45. The van der Waals surface area contributed by atoms with E-state index >= 15 is 0 Å². The van der Waals surface area contributed by atoms with Crippen molar-refractivity contribution < 1.29 is 4.74 Å². The van der Waals surface area contributed by atoms with Crippen LogP contribution in [0.3, 0.4) is 0 Å². The molecule has 0 spiro atoms. The van der Waals surface area contributed by atoms with Gasteiger partial charge in [0.15, 0.2) is 5.96 Å². The van der Waals surface area contributed by atoms with Gasteiger partial charge in [0.2, 0.25) is 0 Å². The summed E-state index contributed by atoms with van der Waals surface area (Å²) < 4.78 is 5.45. The first kappa shape index (κ1) is 15.6. The molecule has 0 radical (unpaired) electrons. The van der Waals surface area contributed by atoms with Crippen LogP contribution in [-0.4, -0.2) is 38.3 Å². The van der Waals surface area contributed by atoms with Gasteiger partial charge >= 0.3 is 0 Å². The summed E-state index contributed by atoms with van der Waals surface area (Å²) in [5, 5.41) is 6.84. The van der Waals surface area contributed by atoms with Gasteiger partial charge in [0.25, 0.3) is 0 Å². The monoisotopic (exact) mass is 281 g/mol. The summed E-state index contributed by atoms with van der Waals surface area (Å²) in [5.41, 5.74) is 0.272. The van der Waals surface area contributed by atoms with Gasteiger partial charge in [-0.2, -0.15) is 0 Å². The van der Waals surface area contributed by atoms with Gasteiger partial charge in [-0.1, -0.05) is 13.8 Å². The fraction of sp³-hybridized carbons (Fsp3) is 0.938. The van der Waals surface area contributed by atoms with Crippen LogP contribution in [0.4, 0.5) is 0 Å². The molecular weight excluding hydrogens is 250 g/mol. The molecule has 2 fully saturated rings. The van der Waals surface area contributed by atoms with Crippen molar-refractivity contribution in [1.29, 1.82) is 0 Å². The van der Waals surface area contributed by atoms with E-state index < -0.39 is 0 Å². The van der Waals surface area contributed by atoms with Crippen LogP contribution >= 0.6 is 0 Å². The van der Waals surface area contributed by atoms with Crippen LogP contribution in [0.5, 0.6) is 0 Å². The molecule has 1 saturated heterocycles. The molecule has 0 aromatic rings. The second-order valence-corrected chi connectivity index (χ2v) is 7.04. The normalized spacial score (nSPS) is 21.9. The van der Waals surface area contributed by atoms with Crippen molar-refractivity contribution in [3.05, 3.63) is 0 Å². The van der Waals surface area contributed by atoms with Crippen LogP contribution in [0.25, 0.3) is 0 Å². The Morgan fingerprint density at radius 1 is 1.20 bits per heavy atom. The summed E-state index contributed by atoms with van der Waals surface area (Å²) in [6.45, 7) is 10.5. The Morgan fingerprint density at radius 3 is 2.50 bits per heavy atom. The fourth-order valence-corrected chi connectivity index (χ4v) is 2.83. The van der Waals surface area contributed by atoms with E-state index in [1.54, 1.807) is 0 Å². The fourth-order valence-electron chi connectivity index (χ4n) is 2.83. The smallest absolute Gasteiger partial charge is 0.191 e. The second kappa shape index (κ2) is 7.30. The lowest BCUT2D eigenvalue weighted by Gasteiger charge is -2.31. The van der Waals surface area contributed by atoms with Crippen LogP contribution in [0.2, 0.25) is 0 Å². The van der Waals surface area contributed by atoms with E-state index in [4.69, 9.17) is 9.73 Å². The first-order valence-electron chi connectivity index (χ1n) is 8.21. The summed E-state index contributed by atoms with van der Waals surface area (Å²) >= 11 is 0. The first-order chi connectivity index (χ1) is 9.59. The minimum atomic E-state index is 0.272. The van der Waals surface area contributed by atoms with Gasteiger partial charge in [0.1, 0.15) is 0 Å². The molecule has 4 heteroatoms. The van der Waals surface area contributed by atoms with Crippen LogP contribution in [0, 0.1) is 11.3 Å². The molecule has 0 aromatic carbocycles. The predicted octanol–water partition coefficient (Wildman–Crippen LogP) is 2.55. The van der Waals surface area contributed by atoms with Crippen molar-refractivity contribution in [3.8, 4) is 0 Å². The van der Waals surface area contributed by atoms with Crippen LogP contribution in [0.15, 0.2) is 4.99 Å². The molecule has 20 heavy (non-hydrogen) atoms. The van der Waals surface area contributed by atoms with E-state index in [9.17, 15) is 0 Å². The van der Waals surface area contributed by atoms with Crippen molar-refractivity contribution in [3.63, 3.8) is 0 Å². The standard InChI is InChI=1S/C16H31N3O/c1-4-17-15(19-14-5-6-14)18-12-16(2,3)11-13-7-9-20-10-8-13/h13-14H,4-12H2,1-3H3,(H2,17,18,19). The van der Waals surface area contributed by atoms with E-state index in [-0.39, 0.29) is 5.41 Å². The van der Waals surface area contributed by atoms with E-state index in [0.29, 0.717) is 6.04 Å². The largest absolute Gasteiger partial charge is 0.381 e. The maximum absolute atomic E-state index is 5.45. The van der Waals surface area contributed by atoms with Gasteiger partial charge in [0, 0.05) is 32.3 Å². The Balaban J connectivity index is 1.80. The van der Waals surface area contributed by atoms with Crippen LogP contribution in [0.1, 0.15) is 52.9 Å². The number of aliphatic imine (C=N–C) groups is 1. The lowest BCUT2D eigenvalue weighted by molar-refractivity contribution is 0.0522. The van der Waals surface area contributed by atoms with Crippen molar-refractivity contribution >= 4 is 5.96 Å². The minimum Gasteiger partial charge on any atom is -0.381 e. The van der Waals surface area contributed by atoms with Gasteiger partial charge in [-0.05, 0) is 50.4 Å². The Hall–Kier alpha value is -0.770. The van der Waals surface area contributed by atoms with Crippen LogP contribution in [-0.2, 0) is 4.74 Å². The number of ether oxygens (including phenoxy) is 1. The van der Waals surface area contributed by atoms with Gasteiger partial charge in [-0.15, -0.1) is 0 Å². The third-order valence-electron chi connectivity index (χ3n) is 4.11. The number of nitrogens with one attached hydrogen (secondary N) is 2. The highest BCUT2D eigenvalue weighted by Crippen LogP contribution is 2.31. The summed E-state index contributed by atoms with van der Waals surface area (Å²) in [7, 11) is 0. The number of hydrogen-bond acceptors (Lipinski definition) is 2. The van der Waals surface area contributed by atoms with Crippen molar-refractivity contribution in [2.75, 3.05) is 26.3 Å². The molecule has 1 heterocycles. The van der Waals surface area contributed by atoms with Gasteiger partial charge in [-0.25, -0.2) is 0 Å². The summed E-state index contributed by atoms with van der Waals surface area (Å²) in [6, 6.07) is 0.659. The highest BCUT2D eigenvalue weighted by atomic mass is 16.5. The van der Waals surface area contributed by atoms with Gasteiger partial charge in [0.05, 0.1) is 0 Å². The highest BCUT2D eigenvalue weighted by molar-refractivity contribution is 5.80. The molecule has 1 aliphatic carbocycles. The highest BCUT2D eigenvalue weighted by Gasteiger charge is 2.26. The average molecular weight is 281 g/mol. The van der Waals surface area contributed by atoms with E-state index in [1.165, 1.54) is 32.1 Å². The lowest BCUT2D eigenvalue weighted by atomic mass is 9.80. The molecule has 1 aliphatic heterocycles. The average Bonchev–Trinajstić information content (AvgIpc) is 3.21. The van der Waals surface area contributed by atoms with Crippen LogP contribution < -0.4 is 10.6 Å². The zero-order valence-corrected chi connectivity index (χ0v) is 13.4. The summed E-state index contributed by atoms with van der Waals surface area (Å²) in [4.78, 5) is 4.79. The molecule has 0 amide bonds. The second-order valence-electron chi connectivity index (χ2n) is 7.04. The lowest BCUT2D eigenvalue weighted by Crippen LogP contribution is -2.39. The first-order valence-corrected chi connectivity index (χ1v) is 8.21. The molecule has 4 nitrogen and oxygen atoms in total. The Labute approximate surface area is 123 Å². The molecular formula is C16H31N3O. The zero-order chi connectivity index (χ0) is 14.4. The molecule has 0 bridgehead atoms. The molecule has 2 N–H and O–H groups in total. The Morgan fingerprint density at radius 2 is 1.90 bits per heavy atom. The molecule has 0 atom stereocenters. The molecule has 1 saturated carbocycles. The summed E-state index contributed by atoms with van der Waals surface area (Å²) in [5.74, 6) is 1.81. The van der Waals surface area contributed by atoms with Crippen molar-refractivity contribution in [1.82, 2.24) is 10.6 Å². The van der Waals surface area contributed by atoms with Gasteiger partial charge in [-0.3, -0.25) is 4.99 Å². The van der Waals surface area contributed by atoms with Crippen molar-refractivity contribution in [2.24, 2.45) is 16.3 Å².